The first-order valence-corrected chi connectivity index (χ1v) is 6.11. The minimum absolute atomic E-state index is 0.562. The van der Waals surface area contributed by atoms with Gasteiger partial charge in [-0.1, -0.05) is 19.3 Å². The molecular formula is C12H21N3. The Labute approximate surface area is 91.7 Å². The van der Waals surface area contributed by atoms with Gasteiger partial charge in [0.15, 0.2) is 0 Å². The van der Waals surface area contributed by atoms with Crippen molar-refractivity contribution < 1.29 is 0 Å². The van der Waals surface area contributed by atoms with Gasteiger partial charge in [-0.3, -0.25) is 4.68 Å². The fourth-order valence-corrected chi connectivity index (χ4v) is 2.57. The number of hydrogen-bond acceptors (Lipinski definition) is 2. The first kappa shape index (κ1) is 10.7. The molecule has 0 saturated heterocycles. The monoisotopic (exact) mass is 207 g/mol. The van der Waals surface area contributed by atoms with Crippen LogP contribution in [0.25, 0.3) is 0 Å². The van der Waals surface area contributed by atoms with Crippen LogP contribution in [0.4, 0.5) is 0 Å². The molecule has 1 aromatic heterocycles. The molecule has 0 radical (unpaired) electrons. The average Bonchev–Trinajstić information content (AvgIpc) is 2.73. The standard InChI is InChI=1S/C12H21N3/c1-2-15-12(8-11(9-13)14-15)10-6-4-3-5-7-10/h8,10H,2-7,9,13H2,1H3. The lowest BCUT2D eigenvalue weighted by Gasteiger charge is -2.22. The van der Waals surface area contributed by atoms with Crippen molar-refractivity contribution in [2.45, 2.75) is 58.0 Å². The first-order valence-electron chi connectivity index (χ1n) is 6.11. The molecule has 1 aliphatic rings. The van der Waals surface area contributed by atoms with Gasteiger partial charge < -0.3 is 5.73 Å². The van der Waals surface area contributed by atoms with Crippen molar-refractivity contribution in [3.8, 4) is 0 Å². The van der Waals surface area contributed by atoms with Gasteiger partial charge in [-0.05, 0) is 25.8 Å². The van der Waals surface area contributed by atoms with Gasteiger partial charge in [0.25, 0.3) is 0 Å². The van der Waals surface area contributed by atoms with Crippen LogP contribution in [0.1, 0.15) is 56.3 Å². The third-order valence-corrected chi connectivity index (χ3v) is 3.39. The topological polar surface area (TPSA) is 43.8 Å². The summed E-state index contributed by atoms with van der Waals surface area (Å²) in [5.74, 6) is 0.728. The van der Waals surface area contributed by atoms with E-state index in [9.17, 15) is 0 Å². The number of hydrogen-bond donors (Lipinski definition) is 1. The molecule has 0 unspecified atom stereocenters. The van der Waals surface area contributed by atoms with E-state index in [1.165, 1.54) is 37.8 Å². The van der Waals surface area contributed by atoms with Crippen LogP contribution < -0.4 is 5.73 Å². The average molecular weight is 207 g/mol. The summed E-state index contributed by atoms with van der Waals surface area (Å²) in [6, 6.07) is 2.21. The predicted octanol–water partition coefficient (Wildman–Crippen LogP) is 2.41. The third kappa shape index (κ3) is 2.23. The smallest absolute Gasteiger partial charge is 0.0763 e. The van der Waals surface area contributed by atoms with Crippen LogP contribution in [-0.4, -0.2) is 9.78 Å². The van der Waals surface area contributed by atoms with Crippen LogP contribution in [0.5, 0.6) is 0 Å². The van der Waals surface area contributed by atoms with Crippen LogP contribution in [0.3, 0.4) is 0 Å². The van der Waals surface area contributed by atoms with E-state index in [4.69, 9.17) is 5.73 Å². The highest BCUT2D eigenvalue weighted by Crippen LogP contribution is 2.32. The van der Waals surface area contributed by atoms with E-state index < -0.39 is 0 Å². The Morgan fingerprint density at radius 2 is 2.13 bits per heavy atom. The molecule has 84 valence electrons. The largest absolute Gasteiger partial charge is 0.325 e. The lowest BCUT2D eigenvalue weighted by atomic mass is 9.87. The zero-order valence-electron chi connectivity index (χ0n) is 9.58. The Kier molecular flexibility index (Phi) is 3.41. The Morgan fingerprint density at radius 1 is 1.40 bits per heavy atom. The van der Waals surface area contributed by atoms with Crippen LogP contribution in [0.15, 0.2) is 6.07 Å². The molecule has 3 nitrogen and oxygen atoms in total. The van der Waals surface area contributed by atoms with E-state index in [1.54, 1.807) is 0 Å². The van der Waals surface area contributed by atoms with Crippen LogP contribution >= 0.6 is 0 Å². The molecule has 0 amide bonds. The Hall–Kier alpha value is -0.830. The molecular weight excluding hydrogens is 186 g/mol. The Balaban J connectivity index is 2.20. The minimum Gasteiger partial charge on any atom is -0.325 e. The van der Waals surface area contributed by atoms with Gasteiger partial charge in [-0.2, -0.15) is 5.10 Å². The molecule has 0 aliphatic heterocycles. The van der Waals surface area contributed by atoms with Crippen LogP contribution in [-0.2, 0) is 13.1 Å². The molecule has 0 bridgehead atoms. The maximum atomic E-state index is 5.64. The minimum atomic E-state index is 0.562. The summed E-state index contributed by atoms with van der Waals surface area (Å²) in [5.41, 5.74) is 8.09. The van der Waals surface area contributed by atoms with Gasteiger partial charge in [0.1, 0.15) is 0 Å². The van der Waals surface area contributed by atoms with Gasteiger partial charge in [-0.15, -0.1) is 0 Å². The SMILES string of the molecule is CCn1nc(CN)cc1C1CCCCC1. The van der Waals surface area contributed by atoms with E-state index in [-0.39, 0.29) is 0 Å². The summed E-state index contributed by atoms with van der Waals surface area (Å²) in [4.78, 5) is 0. The molecule has 2 N–H and O–H groups in total. The highest BCUT2D eigenvalue weighted by atomic mass is 15.3. The second-order valence-electron chi connectivity index (χ2n) is 4.42. The molecule has 1 saturated carbocycles. The summed E-state index contributed by atoms with van der Waals surface area (Å²) in [7, 11) is 0. The Morgan fingerprint density at radius 3 is 2.73 bits per heavy atom. The first-order chi connectivity index (χ1) is 7.35. The van der Waals surface area contributed by atoms with Crippen LogP contribution in [0, 0.1) is 0 Å². The lowest BCUT2D eigenvalue weighted by molar-refractivity contribution is 0.417. The second-order valence-corrected chi connectivity index (χ2v) is 4.42. The molecule has 1 fully saturated rings. The van der Waals surface area contributed by atoms with E-state index in [2.05, 4.69) is 22.8 Å². The lowest BCUT2D eigenvalue weighted by Crippen LogP contribution is -2.11. The van der Waals surface area contributed by atoms with Gasteiger partial charge in [0.05, 0.1) is 5.69 Å². The van der Waals surface area contributed by atoms with Crippen molar-refractivity contribution in [1.82, 2.24) is 9.78 Å². The van der Waals surface area contributed by atoms with Crippen molar-refractivity contribution in [3.63, 3.8) is 0 Å². The summed E-state index contributed by atoms with van der Waals surface area (Å²) in [5, 5.41) is 4.51. The highest BCUT2D eigenvalue weighted by molar-refractivity contribution is 5.15. The van der Waals surface area contributed by atoms with Crippen molar-refractivity contribution in [1.29, 1.82) is 0 Å². The molecule has 3 heteroatoms. The van der Waals surface area contributed by atoms with E-state index in [0.29, 0.717) is 6.54 Å². The fourth-order valence-electron chi connectivity index (χ4n) is 2.57. The third-order valence-electron chi connectivity index (χ3n) is 3.39. The zero-order chi connectivity index (χ0) is 10.7. The molecule has 15 heavy (non-hydrogen) atoms. The molecule has 1 aliphatic carbocycles. The van der Waals surface area contributed by atoms with Crippen molar-refractivity contribution >= 4 is 0 Å². The van der Waals surface area contributed by atoms with Crippen molar-refractivity contribution in [2.24, 2.45) is 5.73 Å². The zero-order valence-corrected chi connectivity index (χ0v) is 9.58. The van der Waals surface area contributed by atoms with Gasteiger partial charge in [0.2, 0.25) is 0 Å². The Bertz CT molecular complexity index is 311. The quantitative estimate of drug-likeness (QED) is 0.827. The normalized spacial score (nSPS) is 18.3. The van der Waals surface area contributed by atoms with Gasteiger partial charge in [0, 0.05) is 24.7 Å². The molecule has 1 aromatic rings. The molecule has 1 heterocycles. The number of nitrogens with two attached hydrogens (primary N) is 1. The summed E-state index contributed by atoms with van der Waals surface area (Å²) < 4.78 is 2.14. The van der Waals surface area contributed by atoms with Gasteiger partial charge >= 0.3 is 0 Å². The summed E-state index contributed by atoms with van der Waals surface area (Å²) in [6.07, 6.45) is 6.81. The van der Waals surface area contributed by atoms with Gasteiger partial charge in [-0.25, -0.2) is 0 Å². The summed E-state index contributed by atoms with van der Waals surface area (Å²) in [6.45, 7) is 3.68. The maximum Gasteiger partial charge on any atom is 0.0763 e. The van der Waals surface area contributed by atoms with Crippen molar-refractivity contribution in [2.75, 3.05) is 0 Å². The van der Waals surface area contributed by atoms with Crippen LogP contribution in [0.2, 0.25) is 0 Å². The molecule has 0 atom stereocenters. The second kappa shape index (κ2) is 4.79. The molecule has 0 aromatic carbocycles. The number of rotatable bonds is 3. The van der Waals surface area contributed by atoms with Crippen molar-refractivity contribution in [3.05, 3.63) is 17.5 Å². The fraction of sp³-hybridized carbons (Fsp3) is 0.750. The number of nitrogens with zero attached hydrogens (tertiary/aromatic N) is 2. The van der Waals surface area contributed by atoms with E-state index in [1.807, 2.05) is 0 Å². The number of aryl methyl sites for hydroxylation is 1. The predicted molar refractivity (Wildman–Crippen MR) is 61.6 cm³/mol. The highest BCUT2D eigenvalue weighted by Gasteiger charge is 2.19. The maximum absolute atomic E-state index is 5.64. The molecule has 2 rings (SSSR count). The summed E-state index contributed by atoms with van der Waals surface area (Å²) >= 11 is 0. The van der Waals surface area contributed by atoms with E-state index in [0.717, 1.165) is 18.2 Å². The van der Waals surface area contributed by atoms with E-state index >= 15 is 0 Å². The molecule has 0 spiro atoms. The number of aromatic nitrogens is 2.